The van der Waals surface area contributed by atoms with Crippen molar-refractivity contribution in [1.29, 1.82) is 0 Å². The molecule has 0 fully saturated rings. The Labute approximate surface area is 83.5 Å². The van der Waals surface area contributed by atoms with Crippen LogP contribution in [0.4, 0.5) is 0 Å². The maximum Gasteiger partial charge on any atom is 0.0598 e. The highest BCUT2D eigenvalue weighted by Gasteiger charge is 2.36. The highest BCUT2D eigenvalue weighted by Crippen LogP contribution is 2.40. The highest BCUT2D eigenvalue weighted by molar-refractivity contribution is 4.86. The van der Waals surface area contributed by atoms with Gasteiger partial charge in [0.25, 0.3) is 0 Å². The fourth-order valence-corrected chi connectivity index (χ4v) is 2.48. The first-order valence-corrected chi connectivity index (χ1v) is 5.73. The third-order valence-electron chi connectivity index (χ3n) is 3.69. The topological polar surface area (TPSA) is 20.2 Å². The Morgan fingerprint density at radius 2 is 1.54 bits per heavy atom. The molecule has 0 aromatic heterocycles. The lowest BCUT2D eigenvalue weighted by Gasteiger charge is -2.40. The van der Waals surface area contributed by atoms with Crippen molar-refractivity contribution < 1.29 is 5.11 Å². The first kappa shape index (κ1) is 13.0. The summed E-state index contributed by atoms with van der Waals surface area (Å²) in [5.41, 5.74) is 0.149. The second kappa shape index (κ2) is 5.64. The largest absolute Gasteiger partial charge is 0.393 e. The van der Waals surface area contributed by atoms with Gasteiger partial charge in [0, 0.05) is 0 Å². The fraction of sp³-hybridized carbons (Fsp3) is 1.00. The Morgan fingerprint density at radius 1 is 1.08 bits per heavy atom. The Bertz CT molecular complexity index is 125. The first-order valence-electron chi connectivity index (χ1n) is 5.73. The molecule has 0 amide bonds. The number of aliphatic hydroxyl groups excluding tert-OH is 1. The Morgan fingerprint density at radius 3 is 1.77 bits per heavy atom. The minimum atomic E-state index is -0.118. The van der Waals surface area contributed by atoms with Crippen LogP contribution in [0.15, 0.2) is 0 Å². The van der Waals surface area contributed by atoms with Crippen molar-refractivity contribution >= 4 is 0 Å². The molecule has 0 aromatic carbocycles. The van der Waals surface area contributed by atoms with E-state index in [9.17, 15) is 5.11 Å². The fourth-order valence-electron chi connectivity index (χ4n) is 2.48. The first-order chi connectivity index (χ1) is 6.05. The van der Waals surface area contributed by atoms with E-state index in [0.29, 0.717) is 5.92 Å². The molecule has 1 heteroatoms. The van der Waals surface area contributed by atoms with Gasteiger partial charge in [0.15, 0.2) is 0 Å². The second-order valence-electron chi connectivity index (χ2n) is 4.40. The van der Waals surface area contributed by atoms with Crippen molar-refractivity contribution in [2.75, 3.05) is 0 Å². The maximum absolute atomic E-state index is 10.1. The van der Waals surface area contributed by atoms with Gasteiger partial charge in [-0.3, -0.25) is 0 Å². The lowest BCUT2D eigenvalue weighted by molar-refractivity contribution is -0.0227. The van der Waals surface area contributed by atoms with E-state index in [0.717, 1.165) is 25.7 Å². The van der Waals surface area contributed by atoms with E-state index in [1.54, 1.807) is 0 Å². The zero-order chi connectivity index (χ0) is 10.5. The van der Waals surface area contributed by atoms with Crippen LogP contribution >= 0.6 is 0 Å². The van der Waals surface area contributed by atoms with Crippen LogP contribution in [0.2, 0.25) is 0 Å². The molecule has 0 aliphatic carbocycles. The zero-order valence-electron chi connectivity index (χ0n) is 9.93. The van der Waals surface area contributed by atoms with Gasteiger partial charge in [0.1, 0.15) is 0 Å². The van der Waals surface area contributed by atoms with Crippen LogP contribution in [0.25, 0.3) is 0 Å². The van der Waals surface area contributed by atoms with Crippen molar-refractivity contribution in [3.63, 3.8) is 0 Å². The van der Waals surface area contributed by atoms with E-state index in [1.807, 2.05) is 0 Å². The molecular weight excluding hydrogens is 160 g/mol. The molecule has 1 atom stereocenters. The number of hydrogen-bond donors (Lipinski definition) is 1. The summed E-state index contributed by atoms with van der Waals surface area (Å²) in [6, 6.07) is 0. The normalized spacial score (nSPS) is 15.0. The van der Waals surface area contributed by atoms with Crippen molar-refractivity contribution in [2.45, 2.75) is 66.4 Å². The summed E-state index contributed by atoms with van der Waals surface area (Å²) in [5.74, 6) is 0.573. The average Bonchev–Trinajstić information content (AvgIpc) is 2.07. The summed E-state index contributed by atoms with van der Waals surface area (Å²) in [6.45, 7) is 11.0. The molecule has 1 N–H and O–H groups in total. The SMILES string of the molecule is CCC[C@@H](O)C(CC)(CC)C(C)C. The van der Waals surface area contributed by atoms with Gasteiger partial charge in [-0.1, -0.05) is 41.0 Å². The lowest BCUT2D eigenvalue weighted by Crippen LogP contribution is -2.38. The molecular formula is C12H26O. The third-order valence-corrected chi connectivity index (χ3v) is 3.69. The van der Waals surface area contributed by atoms with E-state index in [-0.39, 0.29) is 11.5 Å². The molecule has 13 heavy (non-hydrogen) atoms. The molecule has 0 radical (unpaired) electrons. The van der Waals surface area contributed by atoms with Gasteiger partial charge in [-0.25, -0.2) is 0 Å². The minimum Gasteiger partial charge on any atom is -0.393 e. The second-order valence-corrected chi connectivity index (χ2v) is 4.40. The van der Waals surface area contributed by atoms with Gasteiger partial charge in [-0.2, -0.15) is 0 Å². The summed E-state index contributed by atoms with van der Waals surface area (Å²) in [6.07, 6.45) is 4.08. The summed E-state index contributed by atoms with van der Waals surface area (Å²) >= 11 is 0. The minimum absolute atomic E-state index is 0.118. The van der Waals surface area contributed by atoms with Gasteiger partial charge >= 0.3 is 0 Å². The van der Waals surface area contributed by atoms with Crippen molar-refractivity contribution in [3.8, 4) is 0 Å². The standard InChI is InChI=1S/C12H26O/c1-6-9-11(13)12(7-2,8-3)10(4)5/h10-11,13H,6-9H2,1-5H3/t11-/m1/s1. The number of hydrogen-bond acceptors (Lipinski definition) is 1. The van der Waals surface area contributed by atoms with E-state index in [4.69, 9.17) is 0 Å². The monoisotopic (exact) mass is 186 g/mol. The quantitative estimate of drug-likeness (QED) is 0.672. The summed E-state index contributed by atoms with van der Waals surface area (Å²) in [7, 11) is 0. The van der Waals surface area contributed by atoms with Crippen LogP contribution in [-0.4, -0.2) is 11.2 Å². The van der Waals surface area contributed by atoms with Crippen molar-refractivity contribution in [1.82, 2.24) is 0 Å². The van der Waals surface area contributed by atoms with Gasteiger partial charge in [0.05, 0.1) is 6.10 Å². The van der Waals surface area contributed by atoms with E-state index in [2.05, 4.69) is 34.6 Å². The average molecular weight is 186 g/mol. The Kier molecular flexibility index (Phi) is 5.62. The molecule has 0 aliphatic rings. The number of aliphatic hydroxyl groups is 1. The Hall–Kier alpha value is -0.0400. The van der Waals surface area contributed by atoms with Gasteiger partial charge in [-0.05, 0) is 30.6 Å². The van der Waals surface area contributed by atoms with Gasteiger partial charge in [-0.15, -0.1) is 0 Å². The molecule has 0 heterocycles. The van der Waals surface area contributed by atoms with Crippen LogP contribution in [0.3, 0.4) is 0 Å². The highest BCUT2D eigenvalue weighted by atomic mass is 16.3. The smallest absolute Gasteiger partial charge is 0.0598 e. The molecule has 80 valence electrons. The van der Waals surface area contributed by atoms with Crippen LogP contribution in [0, 0.1) is 11.3 Å². The maximum atomic E-state index is 10.1. The van der Waals surface area contributed by atoms with Crippen LogP contribution in [0.5, 0.6) is 0 Å². The molecule has 0 saturated carbocycles. The lowest BCUT2D eigenvalue weighted by atomic mass is 9.68. The predicted molar refractivity (Wildman–Crippen MR) is 58.8 cm³/mol. The molecule has 1 nitrogen and oxygen atoms in total. The summed E-state index contributed by atoms with van der Waals surface area (Å²) in [4.78, 5) is 0. The van der Waals surface area contributed by atoms with E-state index < -0.39 is 0 Å². The third kappa shape index (κ3) is 2.70. The Balaban J connectivity index is 4.54. The molecule has 0 unspecified atom stereocenters. The zero-order valence-corrected chi connectivity index (χ0v) is 9.93. The molecule has 0 rings (SSSR count). The van der Waals surface area contributed by atoms with Crippen molar-refractivity contribution in [2.24, 2.45) is 11.3 Å². The van der Waals surface area contributed by atoms with Crippen LogP contribution in [-0.2, 0) is 0 Å². The summed E-state index contributed by atoms with van der Waals surface area (Å²) in [5, 5.41) is 10.1. The molecule has 0 spiro atoms. The van der Waals surface area contributed by atoms with E-state index >= 15 is 0 Å². The molecule has 0 aliphatic heterocycles. The number of rotatable bonds is 6. The van der Waals surface area contributed by atoms with E-state index in [1.165, 1.54) is 0 Å². The predicted octanol–water partition coefficient (Wildman–Crippen LogP) is 3.61. The molecule has 0 bridgehead atoms. The van der Waals surface area contributed by atoms with Crippen LogP contribution in [0.1, 0.15) is 60.3 Å². The van der Waals surface area contributed by atoms with Gasteiger partial charge < -0.3 is 5.11 Å². The van der Waals surface area contributed by atoms with Crippen molar-refractivity contribution in [3.05, 3.63) is 0 Å². The van der Waals surface area contributed by atoms with Gasteiger partial charge in [0.2, 0.25) is 0 Å². The summed E-state index contributed by atoms with van der Waals surface area (Å²) < 4.78 is 0. The molecule has 0 aromatic rings. The van der Waals surface area contributed by atoms with Crippen LogP contribution < -0.4 is 0 Å². The molecule has 0 saturated heterocycles.